The van der Waals surface area contributed by atoms with Crippen molar-refractivity contribution in [2.24, 2.45) is 5.73 Å². The lowest BCUT2D eigenvalue weighted by Gasteiger charge is -2.11. The Morgan fingerprint density at radius 1 is 0.867 bits per heavy atom. The molecule has 0 amide bonds. The highest BCUT2D eigenvalue weighted by molar-refractivity contribution is 5.86. The Bertz CT molecular complexity index is 1090. The number of nitrogens with zero attached hydrogens (tertiary/aromatic N) is 1. The van der Waals surface area contributed by atoms with Gasteiger partial charge in [-0.25, -0.2) is 0 Å². The van der Waals surface area contributed by atoms with Gasteiger partial charge in [0.15, 0.2) is 0 Å². The molecule has 0 aliphatic rings. The number of fused-ring (bicyclic) bond motifs is 1. The molecule has 0 unspecified atom stereocenters. The molecule has 4 aromatic rings. The van der Waals surface area contributed by atoms with Crippen molar-refractivity contribution in [1.29, 1.82) is 0 Å². The van der Waals surface area contributed by atoms with E-state index in [4.69, 9.17) is 10.5 Å². The highest BCUT2D eigenvalue weighted by atomic mass is 35.5. The number of nitrogens with two attached hydrogens (primary N) is 1. The Kier molecular flexibility index (Phi) is 7.28. The summed E-state index contributed by atoms with van der Waals surface area (Å²) in [5.41, 5.74) is 10.6. The summed E-state index contributed by atoms with van der Waals surface area (Å²) in [4.78, 5) is 12.4. The first kappa shape index (κ1) is 21.6. The topological polar surface area (TPSA) is 57.2 Å². The minimum Gasteiger partial charge on any atom is -0.460 e. The number of para-hydroxylation sites is 1. The molecule has 4 rings (SSSR count). The van der Waals surface area contributed by atoms with E-state index in [-0.39, 0.29) is 25.0 Å². The van der Waals surface area contributed by atoms with E-state index in [1.54, 1.807) is 0 Å². The number of halogens is 1. The molecule has 30 heavy (non-hydrogen) atoms. The second-order valence-corrected chi connectivity index (χ2v) is 7.19. The average Bonchev–Trinajstić information content (AvgIpc) is 3.10. The summed E-state index contributed by atoms with van der Waals surface area (Å²) in [6.07, 6.45) is 2.54. The monoisotopic (exact) mass is 420 g/mol. The number of carbonyl (C=O) groups excluding carboxylic acids is 1. The van der Waals surface area contributed by atoms with E-state index < -0.39 is 6.04 Å². The normalized spacial score (nSPS) is 11.6. The largest absolute Gasteiger partial charge is 0.460 e. The third-order valence-electron chi connectivity index (χ3n) is 5.03. The van der Waals surface area contributed by atoms with Gasteiger partial charge in [0.2, 0.25) is 0 Å². The molecule has 1 aromatic heterocycles. The van der Waals surface area contributed by atoms with E-state index in [1.807, 2.05) is 60.7 Å². The van der Waals surface area contributed by atoms with E-state index in [0.717, 1.165) is 28.6 Å². The summed E-state index contributed by atoms with van der Waals surface area (Å²) < 4.78 is 7.62. The second kappa shape index (κ2) is 10.1. The predicted molar refractivity (Wildman–Crippen MR) is 123 cm³/mol. The lowest BCUT2D eigenvalue weighted by Crippen LogP contribution is -2.34. The van der Waals surface area contributed by atoms with Crippen LogP contribution < -0.4 is 5.73 Å². The fourth-order valence-corrected chi connectivity index (χ4v) is 3.55. The molecule has 0 bridgehead atoms. The van der Waals surface area contributed by atoms with Gasteiger partial charge in [0.25, 0.3) is 0 Å². The minimum atomic E-state index is -0.699. The van der Waals surface area contributed by atoms with Gasteiger partial charge in [0, 0.05) is 30.1 Å². The number of hydrogen-bond acceptors (Lipinski definition) is 3. The van der Waals surface area contributed by atoms with Crippen LogP contribution in [0.2, 0.25) is 0 Å². The van der Waals surface area contributed by atoms with Crippen LogP contribution in [-0.2, 0) is 29.1 Å². The Hall–Kier alpha value is -3.08. The van der Waals surface area contributed by atoms with Gasteiger partial charge >= 0.3 is 5.97 Å². The van der Waals surface area contributed by atoms with Crippen LogP contribution in [0.5, 0.6) is 0 Å². The summed E-state index contributed by atoms with van der Waals surface area (Å²) in [6.45, 7) is 1.01. The lowest BCUT2D eigenvalue weighted by atomic mass is 10.1. The average molecular weight is 421 g/mol. The standard InChI is InChI=1S/C25H24N2O2.ClH/c26-23(25(28)29-18-20-11-5-2-6-12-20)15-21-17-27(16-19-9-3-1-4-10-19)24-14-8-7-13-22(21)24;/h1-14,17,23H,15-16,18,26H2;1H/t23-;/m0./s1. The zero-order chi connectivity index (χ0) is 20.1. The summed E-state index contributed by atoms with van der Waals surface area (Å²) >= 11 is 0. The molecular formula is C25H25ClN2O2. The third-order valence-corrected chi connectivity index (χ3v) is 5.03. The van der Waals surface area contributed by atoms with Crippen LogP contribution in [0.3, 0.4) is 0 Å². The quantitative estimate of drug-likeness (QED) is 0.440. The summed E-state index contributed by atoms with van der Waals surface area (Å²) in [7, 11) is 0. The van der Waals surface area contributed by atoms with Crippen molar-refractivity contribution in [2.75, 3.05) is 0 Å². The van der Waals surface area contributed by atoms with Gasteiger partial charge in [-0.05, 0) is 22.8 Å². The van der Waals surface area contributed by atoms with Crippen molar-refractivity contribution in [3.05, 3.63) is 108 Å². The number of rotatable bonds is 7. The van der Waals surface area contributed by atoms with Crippen LogP contribution in [0, 0.1) is 0 Å². The van der Waals surface area contributed by atoms with E-state index in [9.17, 15) is 4.79 Å². The number of aromatic nitrogens is 1. The van der Waals surface area contributed by atoms with E-state index in [2.05, 4.69) is 35.0 Å². The van der Waals surface area contributed by atoms with Crippen molar-refractivity contribution < 1.29 is 9.53 Å². The maximum Gasteiger partial charge on any atom is 0.323 e. The van der Waals surface area contributed by atoms with Gasteiger partial charge in [0.05, 0.1) is 0 Å². The Balaban J connectivity index is 0.00000256. The molecule has 154 valence electrons. The molecule has 0 spiro atoms. The van der Waals surface area contributed by atoms with Gasteiger partial charge in [-0.2, -0.15) is 0 Å². The number of ether oxygens (including phenoxy) is 1. The maximum absolute atomic E-state index is 12.4. The Morgan fingerprint density at radius 2 is 1.47 bits per heavy atom. The van der Waals surface area contributed by atoms with Crippen LogP contribution in [0.1, 0.15) is 16.7 Å². The maximum atomic E-state index is 12.4. The van der Waals surface area contributed by atoms with Gasteiger partial charge in [-0.3, -0.25) is 4.79 Å². The molecule has 0 fully saturated rings. The van der Waals surface area contributed by atoms with Crippen LogP contribution in [-0.4, -0.2) is 16.6 Å². The highest BCUT2D eigenvalue weighted by Crippen LogP contribution is 2.23. The third kappa shape index (κ3) is 5.09. The van der Waals surface area contributed by atoms with Crippen molar-refractivity contribution in [1.82, 2.24) is 4.57 Å². The smallest absolute Gasteiger partial charge is 0.323 e. The van der Waals surface area contributed by atoms with Crippen LogP contribution in [0.25, 0.3) is 10.9 Å². The molecule has 1 atom stereocenters. The van der Waals surface area contributed by atoms with Crippen LogP contribution >= 0.6 is 12.4 Å². The summed E-state index contributed by atoms with van der Waals surface area (Å²) in [5, 5.41) is 1.12. The Labute approximate surface area is 182 Å². The van der Waals surface area contributed by atoms with E-state index in [1.165, 1.54) is 5.56 Å². The van der Waals surface area contributed by atoms with Crippen molar-refractivity contribution >= 4 is 29.3 Å². The first-order valence-electron chi connectivity index (χ1n) is 9.77. The van der Waals surface area contributed by atoms with E-state index >= 15 is 0 Å². The number of esters is 1. The number of carbonyl (C=O) groups is 1. The Morgan fingerprint density at radius 3 is 2.17 bits per heavy atom. The predicted octanol–water partition coefficient (Wildman–Crippen LogP) is 4.72. The zero-order valence-electron chi connectivity index (χ0n) is 16.6. The molecule has 3 aromatic carbocycles. The van der Waals surface area contributed by atoms with Crippen LogP contribution in [0.15, 0.2) is 91.1 Å². The zero-order valence-corrected chi connectivity index (χ0v) is 17.4. The summed E-state index contributed by atoms with van der Waals surface area (Å²) in [5.74, 6) is -0.381. The number of benzene rings is 3. The molecule has 1 heterocycles. The van der Waals surface area contributed by atoms with Crippen molar-refractivity contribution in [3.63, 3.8) is 0 Å². The first-order valence-corrected chi connectivity index (χ1v) is 9.77. The van der Waals surface area contributed by atoms with Gasteiger partial charge < -0.3 is 15.0 Å². The van der Waals surface area contributed by atoms with Crippen molar-refractivity contribution in [3.8, 4) is 0 Å². The lowest BCUT2D eigenvalue weighted by molar-refractivity contribution is -0.146. The summed E-state index contributed by atoms with van der Waals surface area (Å²) in [6, 6.07) is 27.5. The fraction of sp³-hybridized carbons (Fsp3) is 0.160. The fourth-order valence-electron chi connectivity index (χ4n) is 3.55. The molecule has 0 radical (unpaired) electrons. The molecule has 0 saturated carbocycles. The molecule has 5 heteroatoms. The molecule has 0 aliphatic heterocycles. The number of hydrogen-bond donors (Lipinski definition) is 1. The minimum absolute atomic E-state index is 0. The van der Waals surface area contributed by atoms with Gasteiger partial charge in [-0.15, -0.1) is 12.4 Å². The molecule has 0 saturated heterocycles. The highest BCUT2D eigenvalue weighted by Gasteiger charge is 2.19. The molecular weight excluding hydrogens is 396 g/mol. The van der Waals surface area contributed by atoms with E-state index in [0.29, 0.717) is 6.42 Å². The van der Waals surface area contributed by atoms with Crippen molar-refractivity contribution in [2.45, 2.75) is 25.6 Å². The molecule has 4 nitrogen and oxygen atoms in total. The van der Waals surface area contributed by atoms with Gasteiger partial charge in [-0.1, -0.05) is 78.9 Å². The van der Waals surface area contributed by atoms with Crippen LogP contribution in [0.4, 0.5) is 0 Å². The van der Waals surface area contributed by atoms with Gasteiger partial charge in [0.1, 0.15) is 12.6 Å². The molecule has 2 N–H and O–H groups in total. The molecule has 0 aliphatic carbocycles. The first-order chi connectivity index (χ1) is 14.2. The SMILES string of the molecule is Cl.N[C@@H](Cc1cn(Cc2ccccc2)c2ccccc12)C(=O)OCc1ccccc1. The second-order valence-electron chi connectivity index (χ2n) is 7.19.